The molecule has 0 fully saturated rings. The fourth-order valence-corrected chi connectivity index (χ4v) is 2.47. The Bertz CT molecular complexity index is 863. The molecule has 0 unspecified atom stereocenters. The van der Waals surface area contributed by atoms with E-state index < -0.39 is 17.5 Å². The lowest BCUT2D eigenvalue weighted by Crippen LogP contribution is -2.30. The summed E-state index contributed by atoms with van der Waals surface area (Å²) in [5.74, 6) is -0.420. The quantitative estimate of drug-likeness (QED) is 0.393. The van der Waals surface area contributed by atoms with Crippen LogP contribution >= 0.6 is 0 Å². The Morgan fingerprint density at radius 3 is 2.43 bits per heavy atom. The minimum absolute atomic E-state index is 0.0271. The molecule has 148 valence electrons. The molecule has 2 aromatic carbocycles. The largest absolute Gasteiger partial charge is 0.494 e. The monoisotopic (exact) mass is 386 g/mol. The summed E-state index contributed by atoms with van der Waals surface area (Å²) in [5, 5.41) is 11.0. The van der Waals surface area contributed by atoms with E-state index in [1.54, 1.807) is 14.0 Å². The van der Waals surface area contributed by atoms with Gasteiger partial charge in [0.2, 0.25) is 0 Å². The van der Waals surface area contributed by atoms with Gasteiger partial charge in [-0.25, -0.2) is 4.79 Å². The standard InChI is InChI=1S/C20H22N2O6/c1-4-27-17-9-6-15(7-10-17)12-21(3)19(23)13-28-20(24)16-8-5-14(2)18(11-16)22(25)26/h5-11H,4,12-13H2,1-3H3. The van der Waals surface area contributed by atoms with Crippen LogP contribution in [0.2, 0.25) is 0 Å². The third-order valence-corrected chi connectivity index (χ3v) is 4.05. The third-order valence-electron chi connectivity index (χ3n) is 4.05. The van der Waals surface area contributed by atoms with Crippen LogP contribution in [-0.4, -0.2) is 42.0 Å². The normalized spacial score (nSPS) is 10.2. The summed E-state index contributed by atoms with van der Waals surface area (Å²) < 4.78 is 10.4. The predicted molar refractivity (Wildman–Crippen MR) is 102 cm³/mol. The molecule has 2 rings (SSSR count). The van der Waals surface area contributed by atoms with Gasteiger partial charge in [0.1, 0.15) is 5.75 Å². The summed E-state index contributed by atoms with van der Waals surface area (Å²) in [6, 6.07) is 11.4. The van der Waals surface area contributed by atoms with Gasteiger partial charge in [-0.1, -0.05) is 18.2 Å². The van der Waals surface area contributed by atoms with Crippen LogP contribution in [0.5, 0.6) is 5.75 Å². The van der Waals surface area contributed by atoms with Crippen molar-refractivity contribution in [1.29, 1.82) is 0 Å². The Hall–Kier alpha value is -3.42. The zero-order valence-corrected chi connectivity index (χ0v) is 16.0. The zero-order chi connectivity index (χ0) is 20.7. The minimum atomic E-state index is -0.786. The van der Waals surface area contributed by atoms with Crippen molar-refractivity contribution in [2.75, 3.05) is 20.3 Å². The summed E-state index contributed by atoms with van der Waals surface area (Å²) >= 11 is 0. The van der Waals surface area contributed by atoms with Gasteiger partial charge in [-0.3, -0.25) is 14.9 Å². The van der Waals surface area contributed by atoms with Crippen LogP contribution < -0.4 is 4.74 Å². The van der Waals surface area contributed by atoms with Crippen molar-refractivity contribution >= 4 is 17.6 Å². The van der Waals surface area contributed by atoms with E-state index in [2.05, 4.69) is 0 Å². The summed E-state index contributed by atoms with van der Waals surface area (Å²) in [6.07, 6.45) is 0. The third kappa shape index (κ3) is 5.54. The van der Waals surface area contributed by atoms with E-state index in [1.165, 1.54) is 17.0 Å². The van der Waals surface area contributed by atoms with Crippen molar-refractivity contribution in [1.82, 2.24) is 4.90 Å². The molecule has 8 nitrogen and oxygen atoms in total. The first-order valence-corrected chi connectivity index (χ1v) is 8.69. The average molecular weight is 386 g/mol. The molecule has 8 heteroatoms. The number of nitro groups is 1. The SMILES string of the molecule is CCOc1ccc(CN(C)C(=O)COC(=O)c2ccc(C)c([N+](=O)[O-])c2)cc1. The number of carbonyl (C=O) groups excluding carboxylic acids is 2. The van der Waals surface area contributed by atoms with Crippen molar-refractivity contribution in [2.45, 2.75) is 20.4 Å². The van der Waals surface area contributed by atoms with Gasteiger partial charge >= 0.3 is 5.97 Å². The van der Waals surface area contributed by atoms with E-state index in [4.69, 9.17) is 9.47 Å². The van der Waals surface area contributed by atoms with Gasteiger partial charge in [0.05, 0.1) is 17.1 Å². The molecule has 0 aliphatic carbocycles. The lowest BCUT2D eigenvalue weighted by molar-refractivity contribution is -0.385. The number of hydrogen-bond donors (Lipinski definition) is 0. The van der Waals surface area contributed by atoms with Gasteiger partial charge in [-0.2, -0.15) is 0 Å². The molecule has 0 aliphatic heterocycles. The second-order valence-corrected chi connectivity index (χ2v) is 6.16. The Labute approximate surface area is 162 Å². The number of likely N-dealkylation sites (N-methyl/N-ethyl adjacent to an activating group) is 1. The van der Waals surface area contributed by atoms with Crippen molar-refractivity contribution in [3.8, 4) is 5.75 Å². The van der Waals surface area contributed by atoms with Crippen LogP contribution in [0.1, 0.15) is 28.4 Å². The smallest absolute Gasteiger partial charge is 0.338 e. The van der Waals surface area contributed by atoms with Crippen LogP contribution in [0.25, 0.3) is 0 Å². The molecule has 28 heavy (non-hydrogen) atoms. The average Bonchev–Trinajstić information content (AvgIpc) is 2.67. The number of benzene rings is 2. The molecule has 0 saturated carbocycles. The Kier molecular flexibility index (Phi) is 7.08. The highest BCUT2D eigenvalue weighted by molar-refractivity contribution is 5.92. The highest BCUT2D eigenvalue weighted by Crippen LogP contribution is 2.20. The van der Waals surface area contributed by atoms with Gasteiger partial charge < -0.3 is 14.4 Å². The first-order valence-electron chi connectivity index (χ1n) is 8.69. The Morgan fingerprint density at radius 2 is 1.82 bits per heavy atom. The highest BCUT2D eigenvalue weighted by atomic mass is 16.6. The number of carbonyl (C=O) groups is 2. The maximum absolute atomic E-state index is 12.2. The Balaban J connectivity index is 1.91. The molecular formula is C20H22N2O6. The highest BCUT2D eigenvalue weighted by Gasteiger charge is 2.18. The molecule has 0 atom stereocenters. The maximum Gasteiger partial charge on any atom is 0.338 e. The number of esters is 1. The van der Waals surface area contributed by atoms with Gasteiger partial charge in [-0.05, 0) is 37.6 Å². The number of hydrogen-bond acceptors (Lipinski definition) is 6. The summed E-state index contributed by atoms with van der Waals surface area (Å²) in [4.78, 5) is 36.1. The first kappa shape index (κ1) is 20.9. The second-order valence-electron chi connectivity index (χ2n) is 6.16. The fraction of sp³-hybridized carbons (Fsp3) is 0.300. The molecule has 0 aromatic heterocycles. The number of aryl methyl sites for hydroxylation is 1. The number of rotatable bonds is 8. The van der Waals surface area contributed by atoms with E-state index in [-0.39, 0.29) is 17.2 Å². The van der Waals surface area contributed by atoms with Gasteiger partial charge in [0.25, 0.3) is 11.6 Å². The lowest BCUT2D eigenvalue weighted by Gasteiger charge is -2.17. The van der Waals surface area contributed by atoms with E-state index in [0.29, 0.717) is 18.7 Å². The first-order chi connectivity index (χ1) is 13.3. The van der Waals surface area contributed by atoms with Gasteiger partial charge in [0.15, 0.2) is 6.61 Å². The molecule has 0 heterocycles. The van der Waals surface area contributed by atoms with E-state index in [1.807, 2.05) is 31.2 Å². The zero-order valence-electron chi connectivity index (χ0n) is 16.0. The molecule has 0 radical (unpaired) electrons. The molecule has 2 aromatic rings. The van der Waals surface area contributed by atoms with E-state index in [0.717, 1.165) is 17.4 Å². The van der Waals surface area contributed by atoms with Crippen molar-refractivity contribution in [3.05, 3.63) is 69.3 Å². The van der Waals surface area contributed by atoms with Crippen LogP contribution in [0, 0.1) is 17.0 Å². The van der Waals surface area contributed by atoms with Gasteiger partial charge in [-0.15, -0.1) is 0 Å². The number of ether oxygens (including phenoxy) is 2. The molecule has 0 N–H and O–H groups in total. The predicted octanol–water partition coefficient (Wildman–Crippen LogP) is 3.12. The maximum atomic E-state index is 12.2. The summed E-state index contributed by atoms with van der Waals surface area (Å²) in [5.41, 5.74) is 1.19. The van der Waals surface area contributed by atoms with Crippen LogP contribution in [0.3, 0.4) is 0 Å². The van der Waals surface area contributed by atoms with E-state index >= 15 is 0 Å². The summed E-state index contributed by atoms with van der Waals surface area (Å²) in [7, 11) is 1.60. The molecule has 1 amide bonds. The second kappa shape index (κ2) is 9.50. The lowest BCUT2D eigenvalue weighted by atomic mass is 10.1. The molecular weight excluding hydrogens is 364 g/mol. The van der Waals surface area contributed by atoms with Crippen molar-refractivity contribution < 1.29 is 24.0 Å². The number of amides is 1. The number of nitrogens with zero attached hydrogens (tertiary/aromatic N) is 2. The molecule has 0 spiro atoms. The van der Waals surface area contributed by atoms with Crippen molar-refractivity contribution in [2.24, 2.45) is 0 Å². The van der Waals surface area contributed by atoms with Gasteiger partial charge in [0, 0.05) is 25.2 Å². The number of nitro benzene ring substituents is 1. The Morgan fingerprint density at radius 1 is 1.14 bits per heavy atom. The van der Waals surface area contributed by atoms with Crippen LogP contribution in [0.15, 0.2) is 42.5 Å². The molecule has 0 aliphatic rings. The fourth-order valence-electron chi connectivity index (χ4n) is 2.47. The molecule has 0 saturated heterocycles. The van der Waals surface area contributed by atoms with Crippen LogP contribution in [0.4, 0.5) is 5.69 Å². The molecule has 0 bridgehead atoms. The summed E-state index contributed by atoms with van der Waals surface area (Å²) in [6.45, 7) is 3.95. The minimum Gasteiger partial charge on any atom is -0.494 e. The van der Waals surface area contributed by atoms with E-state index in [9.17, 15) is 19.7 Å². The van der Waals surface area contributed by atoms with Crippen LogP contribution in [-0.2, 0) is 16.1 Å². The topological polar surface area (TPSA) is 99.0 Å². The van der Waals surface area contributed by atoms with Crippen molar-refractivity contribution in [3.63, 3.8) is 0 Å².